The van der Waals surface area contributed by atoms with Crippen LogP contribution < -0.4 is 10.6 Å². The molecule has 0 aromatic carbocycles. The number of ether oxygens (including phenoxy) is 1. The maximum atomic E-state index is 5.73. The number of aromatic nitrogens is 2. The molecule has 2 heterocycles. The molecule has 1 aliphatic rings. The van der Waals surface area contributed by atoms with Crippen molar-refractivity contribution >= 4 is 11.6 Å². The molecule has 2 rings (SSSR count). The van der Waals surface area contributed by atoms with Crippen LogP contribution in [0.3, 0.4) is 0 Å². The van der Waals surface area contributed by atoms with Crippen LogP contribution in [0.1, 0.15) is 19.7 Å². The van der Waals surface area contributed by atoms with E-state index in [0.29, 0.717) is 11.6 Å². The van der Waals surface area contributed by atoms with Gasteiger partial charge in [-0.2, -0.15) is 0 Å². The molecule has 0 unspecified atom stereocenters. The largest absolute Gasteiger partial charge is 0.384 e. The number of hydrogen-bond acceptors (Lipinski definition) is 5. The molecule has 0 aliphatic carbocycles. The van der Waals surface area contributed by atoms with E-state index in [0.717, 1.165) is 18.9 Å². The van der Waals surface area contributed by atoms with Crippen molar-refractivity contribution in [3.63, 3.8) is 0 Å². The van der Waals surface area contributed by atoms with Crippen molar-refractivity contribution in [1.29, 1.82) is 0 Å². The molecule has 5 heteroatoms. The molecular formula is C11H18N4O. The van der Waals surface area contributed by atoms with Gasteiger partial charge in [0.25, 0.3) is 0 Å². The Morgan fingerprint density at radius 1 is 1.31 bits per heavy atom. The Labute approximate surface area is 95.6 Å². The number of anilines is 2. The quantitative estimate of drug-likeness (QED) is 0.767. The second kappa shape index (κ2) is 4.25. The van der Waals surface area contributed by atoms with E-state index in [1.807, 2.05) is 13.0 Å². The van der Waals surface area contributed by atoms with Crippen molar-refractivity contribution in [2.75, 3.05) is 23.7 Å². The molecule has 0 spiro atoms. The zero-order valence-corrected chi connectivity index (χ0v) is 9.97. The van der Waals surface area contributed by atoms with Crippen molar-refractivity contribution in [3.05, 3.63) is 11.9 Å². The van der Waals surface area contributed by atoms with Gasteiger partial charge < -0.3 is 15.4 Å². The van der Waals surface area contributed by atoms with E-state index in [4.69, 9.17) is 10.5 Å². The van der Waals surface area contributed by atoms with Crippen LogP contribution in [0.4, 0.5) is 11.6 Å². The summed E-state index contributed by atoms with van der Waals surface area (Å²) in [5, 5.41) is 0. The maximum Gasteiger partial charge on any atom is 0.134 e. The average molecular weight is 222 g/mol. The first kappa shape index (κ1) is 11.1. The van der Waals surface area contributed by atoms with E-state index in [-0.39, 0.29) is 12.2 Å². The monoisotopic (exact) mass is 222 g/mol. The third-order valence-corrected chi connectivity index (χ3v) is 2.59. The topological polar surface area (TPSA) is 64.3 Å². The summed E-state index contributed by atoms with van der Waals surface area (Å²) in [6.45, 7) is 7.69. The fourth-order valence-electron chi connectivity index (χ4n) is 2.10. The summed E-state index contributed by atoms with van der Waals surface area (Å²) in [6, 6.07) is 1.82. The minimum Gasteiger partial charge on any atom is -0.384 e. The first-order chi connectivity index (χ1) is 7.54. The van der Waals surface area contributed by atoms with Crippen LogP contribution in [-0.4, -0.2) is 35.3 Å². The molecule has 88 valence electrons. The predicted molar refractivity (Wildman–Crippen MR) is 63.4 cm³/mol. The molecule has 2 atom stereocenters. The van der Waals surface area contributed by atoms with Gasteiger partial charge in [0.05, 0.1) is 12.2 Å². The van der Waals surface area contributed by atoms with Crippen LogP contribution in [0.5, 0.6) is 0 Å². The summed E-state index contributed by atoms with van der Waals surface area (Å²) < 4.78 is 5.68. The van der Waals surface area contributed by atoms with Gasteiger partial charge in [0.2, 0.25) is 0 Å². The van der Waals surface area contributed by atoms with Gasteiger partial charge in [-0.3, -0.25) is 0 Å². The van der Waals surface area contributed by atoms with Gasteiger partial charge in [-0.05, 0) is 20.8 Å². The Kier molecular flexibility index (Phi) is 2.96. The summed E-state index contributed by atoms with van der Waals surface area (Å²) in [6.07, 6.45) is 0.445. The molecule has 0 amide bonds. The van der Waals surface area contributed by atoms with E-state index in [2.05, 4.69) is 28.7 Å². The lowest BCUT2D eigenvalue weighted by molar-refractivity contribution is -0.00547. The first-order valence-electron chi connectivity index (χ1n) is 5.56. The third-order valence-electron chi connectivity index (χ3n) is 2.59. The molecule has 0 saturated carbocycles. The van der Waals surface area contributed by atoms with Crippen molar-refractivity contribution in [2.45, 2.75) is 33.0 Å². The fraction of sp³-hybridized carbons (Fsp3) is 0.636. The summed E-state index contributed by atoms with van der Waals surface area (Å²) >= 11 is 0. The average Bonchev–Trinajstić information content (AvgIpc) is 2.14. The highest BCUT2D eigenvalue weighted by molar-refractivity contribution is 5.47. The highest BCUT2D eigenvalue weighted by Gasteiger charge is 2.23. The summed E-state index contributed by atoms with van der Waals surface area (Å²) in [7, 11) is 0. The number of rotatable bonds is 1. The SMILES string of the molecule is Cc1nc(N)cc(N2C[C@H](C)O[C@@H](C)C2)n1. The lowest BCUT2D eigenvalue weighted by Crippen LogP contribution is -2.46. The summed E-state index contributed by atoms with van der Waals surface area (Å²) in [4.78, 5) is 10.7. The fourth-order valence-corrected chi connectivity index (χ4v) is 2.10. The second-order valence-electron chi connectivity index (χ2n) is 4.36. The minimum atomic E-state index is 0.222. The molecule has 1 aromatic heterocycles. The van der Waals surface area contributed by atoms with Gasteiger partial charge in [-0.1, -0.05) is 0 Å². The van der Waals surface area contributed by atoms with E-state index < -0.39 is 0 Å². The first-order valence-corrected chi connectivity index (χ1v) is 5.56. The Balaban J connectivity index is 2.22. The van der Waals surface area contributed by atoms with Crippen LogP contribution in [0.2, 0.25) is 0 Å². The maximum absolute atomic E-state index is 5.73. The van der Waals surface area contributed by atoms with Gasteiger partial charge in [0.15, 0.2) is 0 Å². The van der Waals surface area contributed by atoms with Gasteiger partial charge in [0.1, 0.15) is 17.5 Å². The van der Waals surface area contributed by atoms with Gasteiger partial charge in [-0.15, -0.1) is 0 Å². The van der Waals surface area contributed by atoms with E-state index in [9.17, 15) is 0 Å². The smallest absolute Gasteiger partial charge is 0.134 e. The van der Waals surface area contributed by atoms with Crippen LogP contribution >= 0.6 is 0 Å². The second-order valence-corrected chi connectivity index (χ2v) is 4.36. The number of nitrogen functional groups attached to an aromatic ring is 1. The molecule has 2 N–H and O–H groups in total. The molecule has 0 bridgehead atoms. The van der Waals surface area contributed by atoms with E-state index in [1.165, 1.54) is 0 Å². The van der Waals surface area contributed by atoms with Gasteiger partial charge >= 0.3 is 0 Å². The van der Waals surface area contributed by atoms with Crippen molar-refractivity contribution in [1.82, 2.24) is 9.97 Å². The van der Waals surface area contributed by atoms with Gasteiger partial charge in [0, 0.05) is 19.2 Å². The zero-order chi connectivity index (χ0) is 11.7. The Morgan fingerprint density at radius 2 is 1.94 bits per heavy atom. The molecular weight excluding hydrogens is 204 g/mol. The molecule has 0 radical (unpaired) electrons. The number of aryl methyl sites for hydroxylation is 1. The minimum absolute atomic E-state index is 0.222. The van der Waals surface area contributed by atoms with Gasteiger partial charge in [-0.25, -0.2) is 9.97 Å². The molecule has 16 heavy (non-hydrogen) atoms. The molecule has 5 nitrogen and oxygen atoms in total. The van der Waals surface area contributed by atoms with E-state index in [1.54, 1.807) is 0 Å². The predicted octanol–water partition coefficient (Wildman–Crippen LogP) is 0.981. The van der Waals surface area contributed by atoms with Crippen molar-refractivity contribution in [3.8, 4) is 0 Å². The highest BCUT2D eigenvalue weighted by Crippen LogP contribution is 2.19. The van der Waals surface area contributed by atoms with Crippen molar-refractivity contribution in [2.24, 2.45) is 0 Å². The Bertz CT molecular complexity index is 352. The molecule has 1 fully saturated rings. The van der Waals surface area contributed by atoms with E-state index >= 15 is 0 Å². The number of morpholine rings is 1. The Hall–Kier alpha value is -1.36. The molecule has 1 aliphatic heterocycles. The summed E-state index contributed by atoms with van der Waals surface area (Å²) in [5.41, 5.74) is 5.73. The number of hydrogen-bond donors (Lipinski definition) is 1. The highest BCUT2D eigenvalue weighted by atomic mass is 16.5. The zero-order valence-electron chi connectivity index (χ0n) is 9.97. The molecule has 1 saturated heterocycles. The number of nitrogens with two attached hydrogens (primary N) is 1. The van der Waals surface area contributed by atoms with Crippen LogP contribution in [-0.2, 0) is 4.74 Å². The van der Waals surface area contributed by atoms with Crippen LogP contribution in [0, 0.1) is 6.92 Å². The van der Waals surface area contributed by atoms with Crippen LogP contribution in [0.15, 0.2) is 6.07 Å². The Morgan fingerprint density at radius 3 is 2.50 bits per heavy atom. The third kappa shape index (κ3) is 2.41. The van der Waals surface area contributed by atoms with Crippen molar-refractivity contribution < 1.29 is 4.74 Å². The van der Waals surface area contributed by atoms with Crippen LogP contribution in [0.25, 0.3) is 0 Å². The normalized spacial score (nSPS) is 25.8. The summed E-state index contributed by atoms with van der Waals surface area (Å²) in [5.74, 6) is 2.13. The lowest BCUT2D eigenvalue weighted by atomic mass is 10.2. The standard InChI is InChI=1S/C11H18N4O/c1-7-5-15(6-8(2)16-7)11-4-10(12)13-9(3)14-11/h4,7-8H,5-6H2,1-3H3,(H2,12,13,14)/t7-,8-/m0/s1. The number of nitrogens with zero attached hydrogens (tertiary/aromatic N) is 3. The molecule has 1 aromatic rings. The lowest BCUT2D eigenvalue weighted by Gasteiger charge is -2.36.